The molecule has 1 aromatic carbocycles. The van der Waals surface area contributed by atoms with Gasteiger partial charge in [-0.1, -0.05) is 60.8 Å². The molecule has 0 saturated heterocycles. The summed E-state index contributed by atoms with van der Waals surface area (Å²) in [6.07, 6.45) is 4.08. The van der Waals surface area contributed by atoms with Crippen molar-refractivity contribution in [2.24, 2.45) is 5.92 Å². The Morgan fingerprint density at radius 1 is 0.886 bits per heavy atom. The number of rotatable bonds is 10. The van der Waals surface area contributed by atoms with Crippen molar-refractivity contribution in [3.05, 3.63) is 30.3 Å². The van der Waals surface area contributed by atoms with Crippen LogP contribution in [0.25, 0.3) is 0 Å². The van der Waals surface area contributed by atoms with Crippen molar-refractivity contribution < 1.29 is 28.7 Å². The molecule has 0 fully saturated rings. The van der Waals surface area contributed by atoms with Crippen LogP contribution in [0.4, 0.5) is 0 Å². The molecule has 6 nitrogen and oxygen atoms in total. The van der Waals surface area contributed by atoms with Crippen LogP contribution in [-0.4, -0.2) is 44.0 Å². The monoisotopic (exact) mass is 678 g/mol. The maximum absolute atomic E-state index is 10.6. The number of para-hydroxylation sites is 1. The molecule has 0 aliphatic rings. The van der Waals surface area contributed by atoms with Crippen LogP contribution >= 0.6 is 85.5 Å². The first-order valence-electron chi connectivity index (χ1n) is 9.98. The second-order valence-electron chi connectivity index (χ2n) is 5.96. The van der Waals surface area contributed by atoms with Crippen LogP contribution in [0.1, 0.15) is 46.5 Å². The third-order valence-electron chi connectivity index (χ3n) is 3.03. The quantitative estimate of drug-likeness (QED) is 0.186. The molecule has 0 radical (unpaired) electrons. The zero-order valence-corrected chi connectivity index (χ0v) is 25.6. The molecule has 202 valence electrons. The largest absolute Gasteiger partial charge is 0.484 e. The normalized spacial score (nSPS) is 9.54. The lowest BCUT2D eigenvalue weighted by atomic mass is 10.0. The molecule has 0 aromatic heterocycles. The van der Waals surface area contributed by atoms with Crippen LogP contribution in [0.2, 0.25) is 0 Å². The van der Waals surface area contributed by atoms with Crippen LogP contribution in [0.15, 0.2) is 30.3 Å². The van der Waals surface area contributed by atoms with E-state index in [1.54, 1.807) is 12.1 Å². The van der Waals surface area contributed by atoms with Gasteiger partial charge < -0.3 is 4.74 Å². The highest BCUT2D eigenvalue weighted by Crippen LogP contribution is 2.15. The second-order valence-corrected chi connectivity index (χ2v) is 8.95. The molecule has 1 atom stereocenters. The maximum Gasteiger partial charge on any atom is 0.259 e. The molecule has 1 aromatic rings. The Hall–Kier alpha value is -0.410. The summed E-state index contributed by atoms with van der Waals surface area (Å²) in [5, 5.41) is -1.64. The minimum atomic E-state index is -0.508. The first kappa shape index (κ1) is 41.7. The van der Waals surface area contributed by atoms with Gasteiger partial charge in [0.1, 0.15) is 5.75 Å². The molecule has 35 heavy (non-hydrogen) atoms. The molecule has 0 N–H and O–H groups in total. The summed E-state index contributed by atoms with van der Waals surface area (Å²) in [4.78, 5) is 49.1. The number of hydrogen-bond donors (Lipinski definition) is 0. The number of hydrogen-bond acceptors (Lipinski definition) is 6. The van der Waals surface area contributed by atoms with E-state index in [-0.39, 0.29) is 39.5 Å². The molecule has 0 heterocycles. The number of halogens is 7. The fourth-order valence-electron chi connectivity index (χ4n) is 1.59. The van der Waals surface area contributed by atoms with Gasteiger partial charge in [0.05, 0.1) is 11.2 Å². The van der Waals surface area contributed by atoms with Gasteiger partial charge >= 0.3 is 0 Å². The molecule has 0 aliphatic carbocycles. The Morgan fingerprint density at radius 2 is 1.31 bits per heavy atom. The zero-order chi connectivity index (χ0) is 28.2. The van der Waals surface area contributed by atoms with E-state index in [1.807, 2.05) is 25.1 Å². The predicted octanol–water partition coefficient (Wildman–Crippen LogP) is 7.71. The van der Waals surface area contributed by atoms with E-state index in [0.29, 0.717) is 5.75 Å². The van der Waals surface area contributed by atoms with Gasteiger partial charge in [-0.25, -0.2) is 0 Å². The predicted molar refractivity (Wildman–Crippen MR) is 150 cm³/mol. The molecule has 0 saturated carbocycles. The van der Waals surface area contributed by atoms with Gasteiger partial charge in [0.15, 0.2) is 6.61 Å². The number of carbonyl (C=O) groups is 5. The van der Waals surface area contributed by atoms with E-state index in [9.17, 15) is 24.0 Å². The highest BCUT2D eigenvalue weighted by molar-refractivity contribution is 9.09. The molecule has 0 amide bonds. The van der Waals surface area contributed by atoms with Crippen molar-refractivity contribution in [1.29, 1.82) is 0 Å². The van der Waals surface area contributed by atoms with Crippen molar-refractivity contribution in [2.75, 3.05) is 17.8 Å². The Balaban J connectivity index is -0.000000183. The number of ether oxygens (including phenoxy) is 1. The average Bonchev–Trinajstić information content (AvgIpc) is 2.79. The highest BCUT2D eigenvalue weighted by atomic mass is 79.9. The minimum absolute atomic E-state index is 0.0778. The van der Waals surface area contributed by atoms with Crippen molar-refractivity contribution in [2.45, 2.75) is 46.5 Å². The van der Waals surface area contributed by atoms with Gasteiger partial charge in [-0.2, -0.15) is 0 Å². The van der Waals surface area contributed by atoms with Gasteiger partial charge in [-0.15, -0.1) is 11.6 Å². The summed E-state index contributed by atoms with van der Waals surface area (Å²) in [5.74, 6) is 0.657. The summed E-state index contributed by atoms with van der Waals surface area (Å²) in [6, 6.07) is 9.05. The van der Waals surface area contributed by atoms with Gasteiger partial charge in [-0.05, 0) is 83.0 Å². The van der Waals surface area contributed by atoms with E-state index in [0.717, 1.165) is 25.7 Å². The minimum Gasteiger partial charge on any atom is -0.484 e. The van der Waals surface area contributed by atoms with Crippen molar-refractivity contribution in [3.63, 3.8) is 0 Å². The van der Waals surface area contributed by atoms with E-state index in [2.05, 4.69) is 34.5 Å². The molecule has 0 bridgehead atoms. The fourth-order valence-corrected chi connectivity index (χ4v) is 1.90. The number of alkyl halides is 2. The second kappa shape index (κ2) is 31.6. The zero-order valence-electron chi connectivity index (χ0n) is 19.5. The van der Waals surface area contributed by atoms with Crippen LogP contribution < -0.4 is 4.74 Å². The Labute approximate surface area is 245 Å². The van der Waals surface area contributed by atoms with E-state index in [4.69, 9.17) is 62.7 Å². The number of carbonyl (C=O) groups excluding carboxylic acids is 5. The standard InChI is InChI=1S/C8H7ClO2.C8H15ClO.C2H2BrClO.C2H2Cl2O.C2H3ClO/c9-8(10)6-11-7-4-2-1-3-5-7;1-3-5-6-7(4-2)8(9)10;2*3-1-2(4)5;1-2(3)4/h1-5H,6H2;7H,3-6H2,1-2H3;2*1H2;1H3. The van der Waals surface area contributed by atoms with Crippen LogP contribution in [0, 0.1) is 5.92 Å². The average molecular weight is 682 g/mol. The summed E-state index contributed by atoms with van der Waals surface area (Å²) in [5.41, 5.74) is 0. The third kappa shape index (κ3) is 47.4. The van der Waals surface area contributed by atoms with Crippen LogP contribution in [0.3, 0.4) is 0 Å². The van der Waals surface area contributed by atoms with E-state index in [1.165, 1.54) is 6.92 Å². The lowest BCUT2D eigenvalue weighted by Crippen LogP contribution is -2.06. The van der Waals surface area contributed by atoms with Gasteiger partial charge in [0.25, 0.3) is 5.24 Å². The highest BCUT2D eigenvalue weighted by Gasteiger charge is 2.11. The van der Waals surface area contributed by atoms with Crippen LogP contribution in [-0.2, 0) is 24.0 Å². The smallest absolute Gasteiger partial charge is 0.259 e. The summed E-state index contributed by atoms with van der Waals surface area (Å²) < 4.78 is 4.99. The van der Waals surface area contributed by atoms with Gasteiger partial charge in [0.2, 0.25) is 21.0 Å². The lowest BCUT2D eigenvalue weighted by Gasteiger charge is -2.06. The maximum atomic E-state index is 10.6. The number of unbranched alkanes of at least 4 members (excludes halogenated alkanes) is 1. The molecule has 0 aliphatic heterocycles. The number of benzene rings is 1. The topological polar surface area (TPSA) is 94.6 Å². The first-order valence-corrected chi connectivity index (χ1v) is 13.5. The Kier molecular flexibility index (Phi) is 37.7. The molecular formula is C22H29BrCl6O6. The summed E-state index contributed by atoms with van der Waals surface area (Å²) in [7, 11) is 0. The Bertz CT molecular complexity index is 689. The summed E-state index contributed by atoms with van der Waals surface area (Å²) >= 11 is 32.2. The fraction of sp³-hybridized carbons (Fsp3) is 0.500. The van der Waals surface area contributed by atoms with Crippen LogP contribution in [0.5, 0.6) is 5.75 Å². The summed E-state index contributed by atoms with van der Waals surface area (Å²) in [6.45, 7) is 5.33. The first-order chi connectivity index (χ1) is 16.3. The molecular weight excluding hydrogens is 653 g/mol. The van der Waals surface area contributed by atoms with E-state index >= 15 is 0 Å². The van der Waals surface area contributed by atoms with Crippen molar-refractivity contribution in [1.82, 2.24) is 0 Å². The molecule has 0 spiro atoms. The lowest BCUT2D eigenvalue weighted by molar-refractivity contribution is -0.115. The van der Waals surface area contributed by atoms with Gasteiger partial charge in [0, 0.05) is 12.8 Å². The molecule has 1 unspecified atom stereocenters. The van der Waals surface area contributed by atoms with Gasteiger partial charge in [-0.3, -0.25) is 24.0 Å². The Morgan fingerprint density at radius 3 is 1.57 bits per heavy atom. The molecule has 13 heteroatoms. The third-order valence-corrected chi connectivity index (χ3v) is 4.92. The van der Waals surface area contributed by atoms with Crippen molar-refractivity contribution >= 4 is 112 Å². The van der Waals surface area contributed by atoms with E-state index < -0.39 is 10.5 Å². The van der Waals surface area contributed by atoms with Crippen molar-refractivity contribution in [3.8, 4) is 5.75 Å². The molecule has 1 rings (SSSR count). The SMILES string of the molecule is CC(=O)Cl.CCCCC(CC)C(=O)Cl.O=C(Cl)CBr.O=C(Cl)CCl.O=C(Cl)COc1ccccc1.